The Morgan fingerprint density at radius 2 is 2.19 bits per heavy atom. The van der Waals surface area contributed by atoms with Gasteiger partial charge in [-0.25, -0.2) is 4.39 Å². The molecule has 0 radical (unpaired) electrons. The third-order valence-electron chi connectivity index (χ3n) is 3.48. The number of aliphatic hydroxyl groups is 1. The maximum atomic E-state index is 13.7. The third kappa shape index (κ3) is 2.23. The minimum Gasteiger partial charge on any atom is -0.389 e. The van der Waals surface area contributed by atoms with Crippen LogP contribution in [-0.4, -0.2) is 10.7 Å². The van der Waals surface area contributed by atoms with Crippen LogP contribution in [0.1, 0.15) is 31.7 Å². The molecule has 1 aliphatic carbocycles. The van der Waals surface area contributed by atoms with E-state index in [9.17, 15) is 9.50 Å². The van der Waals surface area contributed by atoms with E-state index in [-0.39, 0.29) is 5.02 Å². The van der Waals surface area contributed by atoms with Gasteiger partial charge in [0.1, 0.15) is 5.82 Å². The largest absolute Gasteiger partial charge is 0.389 e. The van der Waals surface area contributed by atoms with Gasteiger partial charge in [0, 0.05) is 6.42 Å². The van der Waals surface area contributed by atoms with E-state index in [4.69, 9.17) is 11.6 Å². The number of rotatable bonds is 4. The zero-order chi connectivity index (χ0) is 11.8. The molecule has 16 heavy (non-hydrogen) atoms. The second-order valence-corrected chi connectivity index (χ2v) is 5.03. The van der Waals surface area contributed by atoms with Gasteiger partial charge in [-0.3, -0.25) is 0 Å². The Morgan fingerprint density at radius 3 is 2.75 bits per heavy atom. The molecule has 0 bridgehead atoms. The van der Waals surface area contributed by atoms with Crippen LogP contribution >= 0.6 is 11.6 Å². The van der Waals surface area contributed by atoms with Crippen molar-refractivity contribution in [1.29, 1.82) is 0 Å². The Labute approximate surface area is 100 Å². The van der Waals surface area contributed by atoms with E-state index in [1.165, 1.54) is 6.07 Å². The summed E-state index contributed by atoms with van der Waals surface area (Å²) in [5.74, 6) is -0.0624. The maximum Gasteiger partial charge on any atom is 0.145 e. The van der Waals surface area contributed by atoms with Crippen LogP contribution < -0.4 is 0 Å². The molecule has 3 heteroatoms. The lowest BCUT2D eigenvalue weighted by molar-refractivity contribution is 0.0131. The molecule has 1 aromatic carbocycles. The van der Waals surface area contributed by atoms with E-state index in [0.29, 0.717) is 24.3 Å². The molecule has 2 rings (SSSR count). The van der Waals surface area contributed by atoms with E-state index in [2.05, 4.69) is 0 Å². The minimum absolute atomic E-state index is 0.131. The molecule has 0 aliphatic heterocycles. The Balaban J connectivity index is 2.22. The van der Waals surface area contributed by atoms with Gasteiger partial charge in [0.05, 0.1) is 10.6 Å². The van der Waals surface area contributed by atoms with E-state index in [0.717, 1.165) is 12.8 Å². The van der Waals surface area contributed by atoms with Gasteiger partial charge in [-0.2, -0.15) is 0 Å². The Hall–Kier alpha value is -0.600. The molecule has 0 saturated heterocycles. The Morgan fingerprint density at radius 1 is 1.50 bits per heavy atom. The number of hydrogen-bond donors (Lipinski definition) is 1. The second-order valence-electron chi connectivity index (χ2n) is 4.62. The number of benzene rings is 1. The molecule has 0 spiro atoms. The van der Waals surface area contributed by atoms with Crippen LogP contribution in [0.3, 0.4) is 0 Å². The van der Waals surface area contributed by atoms with Gasteiger partial charge in [0.2, 0.25) is 0 Å². The monoisotopic (exact) mass is 242 g/mol. The number of halogens is 2. The van der Waals surface area contributed by atoms with Crippen molar-refractivity contribution in [2.24, 2.45) is 5.92 Å². The third-order valence-corrected chi connectivity index (χ3v) is 3.77. The van der Waals surface area contributed by atoms with Crippen LogP contribution in [0.4, 0.5) is 4.39 Å². The first-order valence-corrected chi connectivity index (χ1v) is 6.10. The SMILES string of the molecule is CCC(O)(Cc1cccc(Cl)c1F)C1CC1. The highest BCUT2D eigenvalue weighted by Crippen LogP contribution is 2.43. The Kier molecular flexibility index (Phi) is 3.22. The first-order chi connectivity index (χ1) is 7.57. The smallest absolute Gasteiger partial charge is 0.145 e. The van der Waals surface area contributed by atoms with Crippen LogP contribution in [0.2, 0.25) is 5.02 Å². The molecule has 1 aliphatic rings. The molecule has 1 fully saturated rings. The normalized spacial score (nSPS) is 19.5. The molecule has 1 nitrogen and oxygen atoms in total. The summed E-state index contributed by atoms with van der Waals surface area (Å²) in [5.41, 5.74) is -0.241. The van der Waals surface area contributed by atoms with E-state index in [1.807, 2.05) is 6.92 Å². The number of hydrogen-bond acceptors (Lipinski definition) is 1. The average Bonchev–Trinajstić information content (AvgIpc) is 3.08. The molecule has 1 atom stereocenters. The fourth-order valence-corrected chi connectivity index (χ4v) is 2.39. The van der Waals surface area contributed by atoms with Crippen LogP contribution in [0, 0.1) is 11.7 Å². The highest BCUT2D eigenvalue weighted by Gasteiger charge is 2.42. The molecule has 1 saturated carbocycles. The lowest BCUT2D eigenvalue weighted by atomic mass is 9.87. The van der Waals surface area contributed by atoms with E-state index >= 15 is 0 Å². The minimum atomic E-state index is -0.758. The fraction of sp³-hybridized carbons (Fsp3) is 0.538. The predicted molar refractivity (Wildman–Crippen MR) is 63.1 cm³/mol. The van der Waals surface area contributed by atoms with Gasteiger partial charge in [0.15, 0.2) is 0 Å². The van der Waals surface area contributed by atoms with Crippen molar-refractivity contribution in [3.05, 3.63) is 34.6 Å². The molecule has 0 aromatic heterocycles. The van der Waals surface area contributed by atoms with Crippen molar-refractivity contribution in [2.75, 3.05) is 0 Å². The van der Waals surface area contributed by atoms with E-state index < -0.39 is 11.4 Å². The van der Waals surface area contributed by atoms with Crippen molar-refractivity contribution in [2.45, 2.75) is 38.2 Å². The van der Waals surface area contributed by atoms with Crippen LogP contribution in [0.15, 0.2) is 18.2 Å². The molecule has 0 amide bonds. The first kappa shape index (κ1) is 11.9. The van der Waals surface area contributed by atoms with Gasteiger partial charge in [-0.05, 0) is 36.8 Å². The lowest BCUT2D eigenvalue weighted by Gasteiger charge is -2.27. The van der Waals surface area contributed by atoms with Gasteiger partial charge in [-0.1, -0.05) is 30.7 Å². The van der Waals surface area contributed by atoms with Crippen LogP contribution in [0.5, 0.6) is 0 Å². The zero-order valence-electron chi connectivity index (χ0n) is 9.34. The van der Waals surface area contributed by atoms with Crippen molar-refractivity contribution < 1.29 is 9.50 Å². The van der Waals surface area contributed by atoms with Crippen LogP contribution in [0.25, 0.3) is 0 Å². The maximum absolute atomic E-state index is 13.7. The Bertz CT molecular complexity index is 390. The van der Waals surface area contributed by atoms with Crippen LogP contribution in [-0.2, 0) is 6.42 Å². The summed E-state index contributed by atoms with van der Waals surface area (Å²) >= 11 is 5.72. The highest BCUT2D eigenvalue weighted by molar-refractivity contribution is 6.30. The quantitative estimate of drug-likeness (QED) is 0.856. The predicted octanol–water partition coefficient (Wildman–Crippen LogP) is 3.57. The fourth-order valence-electron chi connectivity index (χ4n) is 2.19. The average molecular weight is 243 g/mol. The summed E-state index contributed by atoms with van der Waals surface area (Å²) in [6.07, 6.45) is 3.11. The molecule has 1 N–H and O–H groups in total. The summed E-state index contributed by atoms with van der Waals surface area (Å²) in [7, 11) is 0. The summed E-state index contributed by atoms with van der Waals surface area (Å²) in [6.45, 7) is 1.95. The van der Waals surface area contributed by atoms with Gasteiger partial charge in [0.25, 0.3) is 0 Å². The lowest BCUT2D eigenvalue weighted by Crippen LogP contribution is -2.33. The summed E-state index contributed by atoms with van der Waals surface area (Å²) < 4.78 is 13.7. The zero-order valence-corrected chi connectivity index (χ0v) is 10.1. The molecule has 0 heterocycles. The molecular weight excluding hydrogens is 227 g/mol. The van der Waals surface area contributed by atoms with Gasteiger partial charge < -0.3 is 5.11 Å². The summed E-state index contributed by atoms with van der Waals surface area (Å²) in [6, 6.07) is 4.95. The molecule has 1 unspecified atom stereocenters. The first-order valence-electron chi connectivity index (χ1n) is 5.72. The molecular formula is C13H16ClFO. The molecule has 88 valence electrons. The van der Waals surface area contributed by atoms with Gasteiger partial charge in [-0.15, -0.1) is 0 Å². The summed E-state index contributed by atoms with van der Waals surface area (Å²) in [4.78, 5) is 0. The van der Waals surface area contributed by atoms with Gasteiger partial charge >= 0.3 is 0 Å². The standard InChI is InChI=1S/C13H16ClFO/c1-2-13(16,10-6-7-10)8-9-4-3-5-11(14)12(9)15/h3-5,10,16H,2,6-8H2,1H3. The van der Waals surface area contributed by atoms with Crippen molar-refractivity contribution in [3.8, 4) is 0 Å². The molecule has 1 aromatic rings. The van der Waals surface area contributed by atoms with Crippen molar-refractivity contribution in [1.82, 2.24) is 0 Å². The highest BCUT2D eigenvalue weighted by atomic mass is 35.5. The second kappa shape index (κ2) is 4.34. The van der Waals surface area contributed by atoms with E-state index in [1.54, 1.807) is 12.1 Å². The summed E-state index contributed by atoms with van der Waals surface area (Å²) in [5, 5.41) is 10.6. The topological polar surface area (TPSA) is 20.2 Å². The van der Waals surface area contributed by atoms with Crippen molar-refractivity contribution in [3.63, 3.8) is 0 Å². The van der Waals surface area contributed by atoms with Crippen molar-refractivity contribution >= 4 is 11.6 Å².